The Hall–Kier alpha value is -1.07. The van der Waals surface area contributed by atoms with Crippen molar-refractivity contribution in [3.8, 4) is 0 Å². The lowest BCUT2D eigenvalue weighted by Gasteiger charge is -2.47. The topological polar surface area (TPSA) is 89.5 Å². The third kappa shape index (κ3) is 4.20. The highest BCUT2D eigenvalue weighted by Gasteiger charge is 2.52. The van der Waals surface area contributed by atoms with E-state index in [-0.39, 0.29) is 6.61 Å². The van der Waals surface area contributed by atoms with Gasteiger partial charge in [-0.15, -0.1) is 0 Å². The molecule has 0 unspecified atom stereocenters. The van der Waals surface area contributed by atoms with Crippen LogP contribution in [0.25, 0.3) is 0 Å². The van der Waals surface area contributed by atoms with Gasteiger partial charge < -0.3 is 23.7 Å². The van der Waals surface area contributed by atoms with Gasteiger partial charge in [-0.05, 0) is 0 Å². The first-order valence-corrected chi connectivity index (χ1v) is 9.66. The van der Waals surface area contributed by atoms with Crippen LogP contribution in [0.15, 0.2) is 30.3 Å². The Morgan fingerprint density at radius 2 is 1.76 bits per heavy atom. The van der Waals surface area contributed by atoms with E-state index in [4.69, 9.17) is 27.9 Å². The van der Waals surface area contributed by atoms with Gasteiger partial charge in [0.05, 0.1) is 12.9 Å². The lowest BCUT2D eigenvalue weighted by Crippen LogP contribution is -2.63. The van der Waals surface area contributed by atoms with E-state index >= 15 is 0 Å². The first-order valence-electron chi connectivity index (χ1n) is 7.84. The van der Waals surface area contributed by atoms with Crippen LogP contribution in [0.5, 0.6) is 0 Å². The molecule has 2 saturated heterocycles. The molecule has 0 aliphatic carbocycles. The van der Waals surface area contributed by atoms with Gasteiger partial charge in [0.25, 0.3) is 10.1 Å². The maximum Gasteiger partial charge on any atom is 0.264 e. The smallest absolute Gasteiger partial charge is 0.264 e. The highest BCUT2D eigenvalue weighted by atomic mass is 32.2. The number of methoxy groups -OCH3 is 2. The average molecular weight is 374 g/mol. The minimum atomic E-state index is -3.74. The molecule has 0 spiro atoms. The second kappa shape index (κ2) is 7.67. The molecule has 1 aromatic rings. The second-order valence-corrected chi connectivity index (χ2v) is 7.52. The molecule has 0 bridgehead atoms. The molecule has 6 atom stereocenters. The molecule has 0 N–H and O–H groups in total. The number of fused-ring (bicyclic) bond motifs is 1. The lowest BCUT2D eigenvalue weighted by atomic mass is 9.97. The van der Waals surface area contributed by atoms with Gasteiger partial charge in [-0.1, -0.05) is 30.3 Å². The van der Waals surface area contributed by atoms with Crippen molar-refractivity contribution in [3.05, 3.63) is 35.9 Å². The highest BCUT2D eigenvalue weighted by molar-refractivity contribution is 7.86. The Kier molecular flexibility index (Phi) is 5.74. The van der Waals surface area contributed by atoms with E-state index in [0.29, 0.717) is 0 Å². The van der Waals surface area contributed by atoms with Crippen LogP contribution in [-0.4, -0.2) is 66.2 Å². The number of ether oxygens (including phenoxy) is 5. The van der Waals surface area contributed by atoms with Crippen molar-refractivity contribution in [1.29, 1.82) is 0 Å². The highest BCUT2D eigenvalue weighted by Crippen LogP contribution is 2.36. The minimum absolute atomic E-state index is 0.259. The Morgan fingerprint density at radius 3 is 2.36 bits per heavy atom. The number of rotatable bonds is 5. The third-order valence-corrected chi connectivity index (χ3v) is 4.72. The van der Waals surface area contributed by atoms with E-state index < -0.39 is 47.1 Å². The van der Waals surface area contributed by atoms with Gasteiger partial charge in [0.1, 0.15) is 18.3 Å². The molecule has 2 fully saturated rings. The van der Waals surface area contributed by atoms with Crippen LogP contribution in [0, 0.1) is 0 Å². The summed E-state index contributed by atoms with van der Waals surface area (Å²) in [5.74, 6) is 0. The maximum absolute atomic E-state index is 11.6. The molecule has 1 aromatic carbocycles. The summed E-state index contributed by atoms with van der Waals surface area (Å²) in [6, 6.07) is 9.44. The largest absolute Gasteiger partial charge is 0.376 e. The summed E-state index contributed by atoms with van der Waals surface area (Å²) in [6.07, 6.45) is -3.26. The normalized spacial score (nSPS) is 36.0. The van der Waals surface area contributed by atoms with E-state index in [2.05, 4.69) is 0 Å². The summed E-state index contributed by atoms with van der Waals surface area (Å²) in [5, 5.41) is 0. The SMILES string of the molecule is CO[C@@H]1O[C@@H]2CO[C@@H](c3ccccc3)O[C@H]2[C@H](OC)[C@H]1OS(C)(=O)=O. The zero-order valence-electron chi connectivity index (χ0n) is 14.2. The Morgan fingerprint density at radius 1 is 1.04 bits per heavy atom. The van der Waals surface area contributed by atoms with Crippen molar-refractivity contribution in [2.45, 2.75) is 37.0 Å². The molecule has 2 aliphatic heterocycles. The quantitative estimate of drug-likeness (QED) is 0.700. The van der Waals surface area contributed by atoms with Crippen LogP contribution >= 0.6 is 0 Å². The zero-order chi connectivity index (χ0) is 18.0. The number of hydrogen-bond acceptors (Lipinski definition) is 8. The number of benzene rings is 1. The van der Waals surface area contributed by atoms with E-state index in [1.54, 1.807) is 0 Å². The Balaban J connectivity index is 1.83. The molecular formula is C16H22O8S. The Labute approximate surface area is 147 Å². The molecule has 0 radical (unpaired) electrons. The van der Waals surface area contributed by atoms with Crippen molar-refractivity contribution >= 4 is 10.1 Å². The van der Waals surface area contributed by atoms with Gasteiger partial charge in [-0.25, -0.2) is 0 Å². The third-order valence-electron chi connectivity index (χ3n) is 4.15. The molecule has 0 aromatic heterocycles. The van der Waals surface area contributed by atoms with Crippen molar-refractivity contribution in [2.75, 3.05) is 27.1 Å². The molecule has 2 aliphatic rings. The fourth-order valence-electron chi connectivity index (χ4n) is 3.09. The fourth-order valence-corrected chi connectivity index (χ4v) is 3.69. The average Bonchev–Trinajstić information content (AvgIpc) is 2.60. The van der Waals surface area contributed by atoms with E-state index in [1.807, 2.05) is 30.3 Å². The van der Waals surface area contributed by atoms with Crippen molar-refractivity contribution in [1.82, 2.24) is 0 Å². The first kappa shape index (κ1) is 18.7. The van der Waals surface area contributed by atoms with E-state index in [1.165, 1.54) is 14.2 Å². The predicted octanol–water partition coefficient (Wildman–Crippen LogP) is 0.832. The summed E-state index contributed by atoms with van der Waals surface area (Å²) in [5.41, 5.74) is 0.852. The van der Waals surface area contributed by atoms with Crippen LogP contribution in [0.3, 0.4) is 0 Å². The Bertz CT molecular complexity index is 664. The van der Waals surface area contributed by atoms with Gasteiger partial charge in [-0.3, -0.25) is 4.18 Å². The van der Waals surface area contributed by atoms with Gasteiger partial charge in [0, 0.05) is 19.8 Å². The molecular weight excluding hydrogens is 352 g/mol. The van der Waals surface area contributed by atoms with Crippen LogP contribution in [0.1, 0.15) is 11.9 Å². The lowest BCUT2D eigenvalue weighted by molar-refractivity contribution is -0.357. The van der Waals surface area contributed by atoms with Crippen LogP contribution in [0.4, 0.5) is 0 Å². The molecule has 8 nitrogen and oxygen atoms in total. The van der Waals surface area contributed by atoms with Crippen molar-refractivity contribution in [3.63, 3.8) is 0 Å². The first-order chi connectivity index (χ1) is 11.9. The van der Waals surface area contributed by atoms with Crippen LogP contribution in [0.2, 0.25) is 0 Å². The van der Waals surface area contributed by atoms with E-state index in [9.17, 15) is 8.42 Å². The van der Waals surface area contributed by atoms with Crippen molar-refractivity contribution < 1.29 is 36.3 Å². The molecule has 25 heavy (non-hydrogen) atoms. The summed E-state index contributed by atoms with van der Waals surface area (Å²) in [4.78, 5) is 0. The zero-order valence-corrected chi connectivity index (χ0v) is 15.0. The molecule has 140 valence electrons. The minimum Gasteiger partial charge on any atom is -0.376 e. The molecule has 3 rings (SSSR count). The fraction of sp³-hybridized carbons (Fsp3) is 0.625. The molecule has 0 amide bonds. The molecule has 9 heteroatoms. The van der Waals surface area contributed by atoms with Gasteiger partial charge in [0.2, 0.25) is 0 Å². The van der Waals surface area contributed by atoms with Gasteiger partial charge in [-0.2, -0.15) is 8.42 Å². The molecule has 2 heterocycles. The monoisotopic (exact) mass is 374 g/mol. The predicted molar refractivity (Wildman–Crippen MR) is 86.2 cm³/mol. The van der Waals surface area contributed by atoms with Crippen LogP contribution < -0.4 is 0 Å². The van der Waals surface area contributed by atoms with Crippen LogP contribution in [-0.2, 0) is 38.0 Å². The summed E-state index contributed by atoms with van der Waals surface area (Å²) >= 11 is 0. The van der Waals surface area contributed by atoms with Crippen molar-refractivity contribution in [2.24, 2.45) is 0 Å². The van der Waals surface area contributed by atoms with Gasteiger partial charge in [0.15, 0.2) is 18.7 Å². The molecule has 0 saturated carbocycles. The van der Waals surface area contributed by atoms with Gasteiger partial charge >= 0.3 is 0 Å². The summed E-state index contributed by atoms with van der Waals surface area (Å²) < 4.78 is 56.7. The summed E-state index contributed by atoms with van der Waals surface area (Å²) in [6.45, 7) is 0.259. The summed E-state index contributed by atoms with van der Waals surface area (Å²) in [7, 11) is -0.863. The second-order valence-electron chi connectivity index (χ2n) is 5.92. The van der Waals surface area contributed by atoms with E-state index in [0.717, 1.165) is 11.8 Å². The maximum atomic E-state index is 11.6. The standard InChI is InChI=1S/C16H22O8S/c1-19-13-12-11(22-16(20-2)14(13)24-25(3,17)18)9-21-15(23-12)10-7-5-4-6-8-10/h4-8,11-16H,9H2,1-3H3/t11-,12-,13+,14-,15-,16-/m1/s1. The number of hydrogen-bond donors (Lipinski definition) is 0.